The minimum absolute atomic E-state index is 0.336. The molecular weight excluding hydrogens is 466 g/mol. The zero-order chi connectivity index (χ0) is 26.2. The summed E-state index contributed by atoms with van der Waals surface area (Å²) in [6.45, 7) is 5.24. The molecule has 38 heavy (non-hydrogen) atoms. The Kier molecular flexibility index (Phi) is 8.70. The van der Waals surface area contributed by atoms with Gasteiger partial charge in [-0.05, 0) is 80.4 Å². The molecule has 196 valence electrons. The van der Waals surface area contributed by atoms with Crippen LogP contribution in [0.1, 0.15) is 73.3 Å². The van der Waals surface area contributed by atoms with E-state index < -0.39 is 0 Å². The SMILES string of the molecule is Cc1nnc2n1CC/C=C(/Oc1cc(CC(C)CCCCc3ccccc3)ccc1C1C=CC=CC1)C=C2. The molecule has 4 heteroatoms. The van der Waals surface area contributed by atoms with Gasteiger partial charge in [0.15, 0.2) is 5.82 Å². The molecule has 0 bridgehead atoms. The summed E-state index contributed by atoms with van der Waals surface area (Å²) in [6.07, 6.45) is 22.9. The number of benzene rings is 2. The monoisotopic (exact) mass is 505 g/mol. The summed E-state index contributed by atoms with van der Waals surface area (Å²) < 4.78 is 8.77. The fourth-order valence-corrected chi connectivity index (χ4v) is 5.44. The summed E-state index contributed by atoms with van der Waals surface area (Å²) in [5, 5.41) is 8.54. The summed E-state index contributed by atoms with van der Waals surface area (Å²) in [5.41, 5.74) is 4.04. The van der Waals surface area contributed by atoms with Crippen molar-refractivity contribution in [3.63, 3.8) is 0 Å². The van der Waals surface area contributed by atoms with Crippen LogP contribution < -0.4 is 4.74 Å². The second-order valence-electron chi connectivity index (χ2n) is 10.7. The van der Waals surface area contributed by atoms with Gasteiger partial charge in [-0.2, -0.15) is 0 Å². The number of aryl methyl sites for hydroxylation is 2. The topological polar surface area (TPSA) is 39.9 Å². The molecular formula is C34H39N3O. The predicted molar refractivity (Wildman–Crippen MR) is 156 cm³/mol. The van der Waals surface area contributed by atoms with Crippen LogP contribution in [0.15, 0.2) is 90.7 Å². The van der Waals surface area contributed by atoms with E-state index in [0.717, 1.165) is 49.0 Å². The van der Waals surface area contributed by atoms with Crippen molar-refractivity contribution in [2.75, 3.05) is 0 Å². The van der Waals surface area contributed by atoms with Gasteiger partial charge in [0, 0.05) is 18.0 Å². The van der Waals surface area contributed by atoms with Gasteiger partial charge in [0.25, 0.3) is 0 Å². The first-order valence-electron chi connectivity index (χ1n) is 14.1. The van der Waals surface area contributed by atoms with Gasteiger partial charge in [0.1, 0.15) is 17.3 Å². The molecule has 0 amide bonds. The number of allylic oxidation sites excluding steroid dienone is 6. The minimum Gasteiger partial charge on any atom is -0.457 e. The number of fused-ring (bicyclic) bond motifs is 1. The Morgan fingerprint density at radius 1 is 1.00 bits per heavy atom. The molecule has 1 aromatic heterocycles. The Labute approximate surface area is 227 Å². The number of ether oxygens (including phenoxy) is 1. The van der Waals surface area contributed by atoms with Crippen molar-refractivity contribution in [3.8, 4) is 5.75 Å². The van der Waals surface area contributed by atoms with Gasteiger partial charge >= 0.3 is 0 Å². The number of hydrogen-bond donors (Lipinski definition) is 0. The maximum Gasteiger partial charge on any atom is 0.156 e. The van der Waals surface area contributed by atoms with Crippen LogP contribution in [0.25, 0.3) is 6.08 Å². The van der Waals surface area contributed by atoms with E-state index in [-0.39, 0.29) is 0 Å². The normalized spacial score (nSPS) is 18.8. The molecule has 0 fully saturated rings. The van der Waals surface area contributed by atoms with E-state index in [1.54, 1.807) is 0 Å². The van der Waals surface area contributed by atoms with Gasteiger partial charge in [-0.1, -0.05) is 86.5 Å². The van der Waals surface area contributed by atoms with Crippen LogP contribution in [-0.4, -0.2) is 14.8 Å². The van der Waals surface area contributed by atoms with Crippen molar-refractivity contribution in [3.05, 3.63) is 119 Å². The van der Waals surface area contributed by atoms with Gasteiger partial charge in [-0.3, -0.25) is 0 Å². The molecule has 3 aromatic rings. The highest BCUT2D eigenvalue weighted by molar-refractivity contribution is 5.49. The molecule has 2 heterocycles. The molecule has 1 aliphatic carbocycles. The molecule has 2 aromatic carbocycles. The van der Waals surface area contributed by atoms with Crippen molar-refractivity contribution in [1.82, 2.24) is 14.8 Å². The first-order valence-corrected chi connectivity index (χ1v) is 14.1. The Morgan fingerprint density at radius 2 is 1.89 bits per heavy atom. The number of aromatic nitrogens is 3. The van der Waals surface area contributed by atoms with Crippen molar-refractivity contribution in [2.24, 2.45) is 5.92 Å². The lowest BCUT2D eigenvalue weighted by Crippen LogP contribution is -2.07. The van der Waals surface area contributed by atoms with Crippen LogP contribution in [0, 0.1) is 12.8 Å². The van der Waals surface area contributed by atoms with E-state index in [9.17, 15) is 0 Å². The highest BCUT2D eigenvalue weighted by Gasteiger charge is 2.17. The maximum absolute atomic E-state index is 6.63. The number of nitrogens with zero attached hydrogens (tertiary/aromatic N) is 3. The quantitative estimate of drug-likeness (QED) is 0.261. The van der Waals surface area contributed by atoms with Gasteiger partial charge in [0.2, 0.25) is 0 Å². The molecule has 2 unspecified atom stereocenters. The molecule has 0 N–H and O–H groups in total. The standard InChI is InChI=1S/C34H39N3O/c1-26(12-9-10-15-28-13-5-3-6-14-28)24-29-19-21-32(30-16-7-4-8-17-30)33(25-29)38-31-18-11-23-37-27(2)35-36-34(37)22-20-31/h3-8,13-14,16,18-22,25-26,30H,9-12,15,17,23-24H2,1-2H3/b22-20?,31-18+. The molecule has 0 radical (unpaired) electrons. The lowest BCUT2D eigenvalue weighted by molar-refractivity contribution is 0.430. The van der Waals surface area contributed by atoms with Crippen molar-refractivity contribution < 1.29 is 4.74 Å². The summed E-state index contributed by atoms with van der Waals surface area (Å²) in [6, 6.07) is 17.7. The summed E-state index contributed by atoms with van der Waals surface area (Å²) in [7, 11) is 0. The smallest absolute Gasteiger partial charge is 0.156 e. The highest BCUT2D eigenvalue weighted by Crippen LogP contribution is 2.35. The molecule has 4 nitrogen and oxygen atoms in total. The first kappa shape index (κ1) is 26.0. The molecule has 0 saturated heterocycles. The molecule has 0 saturated carbocycles. The van der Waals surface area contributed by atoms with E-state index in [1.807, 2.05) is 19.1 Å². The van der Waals surface area contributed by atoms with E-state index in [1.165, 1.54) is 42.4 Å². The molecule has 0 spiro atoms. The summed E-state index contributed by atoms with van der Waals surface area (Å²) in [4.78, 5) is 0. The number of rotatable bonds is 10. The van der Waals surface area contributed by atoms with Crippen molar-refractivity contribution in [1.29, 1.82) is 0 Å². The average Bonchev–Trinajstić information content (AvgIpc) is 3.27. The van der Waals surface area contributed by atoms with Crippen LogP contribution in [-0.2, 0) is 19.4 Å². The lowest BCUT2D eigenvalue weighted by atomic mass is 9.89. The van der Waals surface area contributed by atoms with Crippen LogP contribution >= 0.6 is 0 Å². The van der Waals surface area contributed by atoms with E-state index >= 15 is 0 Å². The van der Waals surface area contributed by atoms with Crippen LogP contribution in [0.4, 0.5) is 0 Å². The van der Waals surface area contributed by atoms with Crippen LogP contribution in [0.5, 0.6) is 5.75 Å². The highest BCUT2D eigenvalue weighted by atomic mass is 16.5. The van der Waals surface area contributed by atoms with E-state index in [4.69, 9.17) is 4.74 Å². The maximum atomic E-state index is 6.63. The van der Waals surface area contributed by atoms with Crippen LogP contribution in [0.3, 0.4) is 0 Å². The lowest BCUT2D eigenvalue weighted by Gasteiger charge is -2.21. The van der Waals surface area contributed by atoms with Gasteiger partial charge in [0.05, 0.1) is 0 Å². The molecule has 5 rings (SSSR count). The van der Waals surface area contributed by atoms with Gasteiger partial charge < -0.3 is 9.30 Å². The zero-order valence-corrected chi connectivity index (χ0v) is 22.7. The first-order chi connectivity index (χ1) is 18.7. The zero-order valence-electron chi connectivity index (χ0n) is 22.7. The van der Waals surface area contributed by atoms with Crippen LogP contribution in [0.2, 0.25) is 0 Å². The Bertz CT molecular complexity index is 1330. The fraction of sp³-hybridized carbons (Fsp3) is 0.353. The van der Waals surface area contributed by atoms with Crippen molar-refractivity contribution >= 4 is 6.08 Å². The molecule has 2 atom stereocenters. The molecule has 1 aliphatic heterocycles. The number of hydrogen-bond acceptors (Lipinski definition) is 3. The third kappa shape index (κ3) is 6.80. The fourth-order valence-electron chi connectivity index (χ4n) is 5.44. The Morgan fingerprint density at radius 3 is 2.74 bits per heavy atom. The average molecular weight is 506 g/mol. The second kappa shape index (κ2) is 12.7. The van der Waals surface area contributed by atoms with Gasteiger partial charge in [-0.15, -0.1) is 10.2 Å². The third-order valence-corrected chi connectivity index (χ3v) is 7.58. The predicted octanol–water partition coefficient (Wildman–Crippen LogP) is 8.16. The third-order valence-electron chi connectivity index (χ3n) is 7.58. The van der Waals surface area contributed by atoms with Crippen molar-refractivity contribution in [2.45, 2.75) is 71.3 Å². The van der Waals surface area contributed by atoms with Gasteiger partial charge in [-0.25, -0.2) is 0 Å². The largest absolute Gasteiger partial charge is 0.457 e. The Balaban J connectivity index is 1.27. The second-order valence-corrected chi connectivity index (χ2v) is 10.7. The van der Waals surface area contributed by atoms with E-state index in [2.05, 4.69) is 101 Å². The summed E-state index contributed by atoms with van der Waals surface area (Å²) in [5.74, 6) is 4.65. The van der Waals surface area contributed by atoms with E-state index in [0.29, 0.717) is 11.8 Å². The molecule has 2 aliphatic rings. The minimum atomic E-state index is 0.336. The number of unbranched alkanes of at least 4 members (excludes halogenated alkanes) is 1. The Hall–Kier alpha value is -3.66. The summed E-state index contributed by atoms with van der Waals surface area (Å²) >= 11 is 0.